The van der Waals surface area contributed by atoms with Crippen molar-refractivity contribution >= 4 is 21.7 Å². The fourth-order valence-corrected chi connectivity index (χ4v) is 2.52. The number of aromatic nitrogens is 1. The minimum atomic E-state index is -0.588. The smallest absolute Gasteiger partial charge is 0.142 e. The van der Waals surface area contributed by atoms with Gasteiger partial charge in [-0.15, -0.1) is 0 Å². The third-order valence-corrected chi connectivity index (χ3v) is 3.33. The van der Waals surface area contributed by atoms with Crippen LogP contribution in [0.1, 0.15) is 19.8 Å². The van der Waals surface area contributed by atoms with Gasteiger partial charge in [0.25, 0.3) is 0 Å². The minimum Gasteiger partial charge on any atom is -0.388 e. The van der Waals surface area contributed by atoms with Crippen LogP contribution in [0.15, 0.2) is 22.8 Å². The Morgan fingerprint density at radius 2 is 2.40 bits per heavy atom. The molecule has 0 aliphatic carbocycles. The highest BCUT2D eigenvalue weighted by atomic mass is 79.9. The van der Waals surface area contributed by atoms with E-state index in [9.17, 15) is 5.11 Å². The molecule has 15 heavy (non-hydrogen) atoms. The summed E-state index contributed by atoms with van der Waals surface area (Å²) in [6, 6.07) is 3.88. The van der Waals surface area contributed by atoms with Gasteiger partial charge in [0, 0.05) is 19.3 Å². The van der Waals surface area contributed by atoms with Gasteiger partial charge in [-0.2, -0.15) is 0 Å². The molecule has 1 aromatic rings. The predicted octanol–water partition coefficient (Wildman–Crippen LogP) is 2.20. The molecular weight excluding hydrogens is 256 g/mol. The van der Waals surface area contributed by atoms with Crippen LogP contribution < -0.4 is 4.90 Å². The van der Waals surface area contributed by atoms with Gasteiger partial charge >= 0.3 is 0 Å². The number of anilines is 1. The molecule has 0 aromatic carbocycles. The topological polar surface area (TPSA) is 36.4 Å². The second-order valence-electron chi connectivity index (χ2n) is 4.33. The van der Waals surface area contributed by atoms with Gasteiger partial charge in [0.1, 0.15) is 5.82 Å². The highest BCUT2D eigenvalue weighted by Crippen LogP contribution is 2.28. The lowest BCUT2D eigenvalue weighted by Crippen LogP contribution is -2.46. The van der Waals surface area contributed by atoms with Crippen LogP contribution in [0.2, 0.25) is 0 Å². The van der Waals surface area contributed by atoms with Crippen LogP contribution in [0, 0.1) is 0 Å². The molecule has 2 heterocycles. The average molecular weight is 271 g/mol. The van der Waals surface area contributed by atoms with Crippen molar-refractivity contribution in [1.82, 2.24) is 4.98 Å². The zero-order chi connectivity index (χ0) is 10.9. The number of nitrogens with zero attached hydrogens (tertiary/aromatic N) is 2. The maximum atomic E-state index is 10.0. The van der Waals surface area contributed by atoms with E-state index in [1.54, 1.807) is 6.20 Å². The molecule has 3 nitrogen and oxygen atoms in total. The van der Waals surface area contributed by atoms with E-state index in [0.29, 0.717) is 6.54 Å². The van der Waals surface area contributed by atoms with Gasteiger partial charge in [-0.25, -0.2) is 4.98 Å². The Balaban J connectivity index is 2.21. The summed E-state index contributed by atoms with van der Waals surface area (Å²) in [5, 5.41) is 10.0. The van der Waals surface area contributed by atoms with E-state index in [1.165, 1.54) is 0 Å². The van der Waals surface area contributed by atoms with Gasteiger partial charge < -0.3 is 10.0 Å². The van der Waals surface area contributed by atoms with Crippen molar-refractivity contribution in [1.29, 1.82) is 0 Å². The molecule has 0 saturated carbocycles. The fourth-order valence-electron chi connectivity index (χ4n) is 2.01. The van der Waals surface area contributed by atoms with E-state index >= 15 is 0 Å². The summed E-state index contributed by atoms with van der Waals surface area (Å²) in [6.45, 7) is 3.50. The van der Waals surface area contributed by atoms with Gasteiger partial charge in [-0.05, 0) is 47.8 Å². The van der Waals surface area contributed by atoms with Crippen molar-refractivity contribution in [2.45, 2.75) is 25.4 Å². The monoisotopic (exact) mass is 270 g/mol. The molecule has 0 spiro atoms. The number of rotatable bonds is 1. The molecule has 1 N–H and O–H groups in total. The highest BCUT2D eigenvalue weighted by Gasteiger charge is 2.29. The summed E-state index contributed by atoms with van der Waals surface area (Å²) in [5.41, 5.74) is -0.588. The van der Waals surface area contributed by atoms with E-state index in [0.717, 1.165) is 29.7 Å². The molecule has 1 atom stereocenters. The lowest BCUT2D eigenvalue weighted by Gasteiger charge is -2.37. The number of aliphatic hydroxyl groups is 1. The van der Waals surface area contributed by atoms with Crippen LogP contribution >= 0.6 is 15.9 Å². The van der Waals surface area contributed by atoms with Crippen molar-refractivity contribution in [3.05, 3.63) is 22.8 Å². The number of hydrogen-bond acceptors (Lipinski definition) is 3. The Morgan fingerprint density at radius 1 is 1.60 bits per heavy atom. The zero-order valence-corrected chi connectivity index (χ0v) is 10.4. The number of piperidine rings is 1. The molecule has 1 aliphatic heterocycles. The molecule has 1 saturated heterocycles. The maximum absolute atomic E-state index is 10.0. The first kappa shape index (κ1) is 10.9. The molecule has 4 heteroatoms. The van der Waals surface area contributed by atoms with E-state index in [2.05, 4.69) is 25.8 Å². The maximum Gasteiger partial charge on any atom is 0.142 e. The first-order chi connectivity index (χ1) is 7.08. The molecule has 0 bridgehead atoms. The standard InChI is InChI=1S/C11H15BrN2O/c1-11(15)5-3-7-14(8-11)10-9(12)4-2-6-13-10/h2,4,6,15H,3,5,7-8H2,1H3. The molecule has 0 amide bonds. The lowest BCUT2D eigenvalue weighted by molar-refractivity contribution is 0.0447. The van der Waals surface area contributed by atoms with Crippen LogP contribution in [0.4, 0.5) is 5.82 Å². The Labute approximate surface area is 98.3 Å². The molecule has 1 aromatic heterocycles. The van der Waals surface area contributed by atoms with Gasteiger partial charge in [-0.1, -0.05) is 0 Å². The van der Waals surface area contributed by atoms with Gasteiger partial charge in [0.05, 0.1) is 10.1 Å². The third kappa shape index (κ3) is 2.49. The molecule has 1 unspecified atom stereocenters. The van der Waals surface area contributed by atoms with Gasteiger partial charge in [-0.3, -0.25) is 0 Å². The Kier molecular flexibility index (Phi) is 2.98. The number of β-amino-alcohol motifs (C(OH)–C–C–N with tert-alkyl or cyclic N) is 1. The second kappa shape index (κ2) is 4.10. The molecular formula is C11H15BrN2O. The number of halogens is 1. The van der Waals surface area contributed by atoms with Crippen LogP contribution in [-0.4, -0.2) is 28.8 Å². The summed E-state index contributed by atoms with van der Waals surface area (Å²) in [7, 11) is 0. The summed E-state index contributed by atoms with van der Waals surface area (Å²) in [5.74, 6) is 0.928. The Bertz CT molecular complexity index is 354. The number of pyridine rings is 1. The summed E-state index contributed by atoms with van der Waals surface area (Å²) < 4.78 is 0.989. The summed E-state index contributed by atoms with van der Waals surface area (Å²) in [4.78, 5) is 6.47. The predicted molar refractivity (Wildman–Crippen MR) is 64.0 cm³/mol. The minimum absolute atomic E-state index is 0.588. The Hall–Kier alpha value is -0.610. The van der Waals surface area contributed by atoms with Gasteiger partial charge in [0.2, 0.25) is 0 Å². The molecule has 0 radical (unpaired) electrons. The van der Waals surface area contributed by atoms with Crippen molar-refractivity contribution in [3.63, 3.8) is 0 Å². The van der Waals surface area contributed by atoms with E-state index in [-0.39, 0.29) is 0 Å². The van der Waals surface area contributed by atoms with Crippen molar-refractivity contribution in [2.24, 2.45) is 0 Å². The number of hydrogen-bond donors (Lipinski definition) is 1. The molecule has 1 fully saturated rings. The second-order valence-corrected chi connectivity index (χ2v) is 5.19. The molecule has 2 rings (SSSR count). The first-order valence-corrected chi connectivity index (χ1v) is 5.96. The van der Waals surface area contributed by atoms with Crippen molar-refractivity contribution in [2.75, 3.05) is 18.0 Å². The average Bonchev–Trinajstić information content (AvgIpc) is 2.17. The lowest BCUT2D eigenvalue weighted by atomic mass is 9.95. The normalized spacial score (nSPS) is 26.7. The highest BCUT2D eigenvalue weighted by molar-refractivity contribution is 9.10. The van der Waals surface area contributed by atoms with Crippen LogP contribution in [0.3, 0.4) is 0 Å². The van der Waals surface area contributed by atoms with Crippen molar-refractivity contribution in [3.8, 4) is 0 Å². The van der Waals surface area contributed by atoms with E-state index in [1.807, 2.05) is 19.1 Å². The summed E-state index contributed by atoms with van der Waals surface area (Å²) in [6.07, 6.45) is 3.66. The quantitative estimate of drug-likeness (QED) is 0.850. The van der Waals surface area contributed by atoms with Gasteiger partial charge in [0.15, 0.2) is 0 Å². The SMILES string of the molecule is CC1(O)CCCN(c2ncccc2Br)C1. The van der Waals surface area contributed by atoms with E-state index in [4.69, 9.17) is 0 Å². The Morgan fingerprint density at radius 3 is 3.07 bits per heavy atom. The van der Waals surface area contributed by atoms with E-state index < -0.39 is 5.60 Å². The van der Waals surface area contributed by atoms with Crippen molar-refractivity contribution < 1.29 is 5.11 Å². The largest absolute Gasteiger partial charge is 0.388 e. The molecule has 1 aliphatic rings. The third-order valence-electron chi connectivity index (χ3n) is 2.71. The fraction of sp³-hybridized carbons (Fsp3) is 0.545. The first-order valence-electron chi connectivity index (χ1n) is 5.16. The van der Waals surface area contributed by atoms with Crippen LogP contribution in [-0.2, 0) is 0 Å². The summed E-state index contributed by atoms with van der Waals surface area (Å²) >= 11 is 3.48. The van der Waals surface area contributed by atoms with Crippen LogP contribution in [0.5, 0.6) is 0 Å². The zero-order valence-electron chi connectivity index (χ0n) is 8.78. The molecule has 82 valence electrons. The van der Waals surface area contributed by atoms with Crippen LogP contribution in [0.25, 0.3) is 0 Å².